The lowest BCUT2D eigenvalue weighted by Gasteiger charge is -2.16. The fourth-order valence-electron chi connectivity index (χ4n) is 4.84. The summed E-state index contributed by atoms with van der Waals surface area (Å²) in [6.45, 7) is 4.33. The van der Waals surface area contributed by atoms with Gasteiger partial charge < -0.3 is 20.9 Å². The fourth-order valence-corrected chi connectivity index (χ4v) is 5.85. The van der Waals surface area contributed by atoms with Crippen molar-refractivity contribution in [1.82, 2.24) is 30.0 Å². The number of carbonyl (C=O) groups excluding carboxylic acids is 1. The summed E-state index contributed by atoms with van der Waals surface area (Å²) in [6.07, 6.45) is 5.97. The van der Waals surface area contributed by atoms with Crippen LogP contribution in [0, 0.1) is 13.8 Å². The Labute approximate surface area is 207 Å². The van der Waals surface area contributed by atoms with E-state index in [-0.39, 0.29) is 24.3 Å². The van der Waals surface area contributed by atoms with E-state index in [1.165, 1.54) is 11.8 Å². The zero-order valence-corrected chi connectivity index (χ0v) is 20.9. The van der Waals surface area contributed by atoms with Gasteiger partial charge in [0.25, 0.3) is 0 Å². The van der Waals surface area contributed by atoms with Crippen molar-refractivity contribution in [3.05, 3.63) is 34.3 Å². The van der Waals surface area contributed by atoms with E-state index in [0.29, 0.717) is 23.6 Å². The maximum absolute atomic E-state index is 12.7. The number of anilines is 1. The molecule has 5 rings (SSSR count). The molecule has 3 aromatic heterocycles. The average Bonchev–Trinajstić information content (AvgIpc) is 3.31. The summed E-state index contributed by atoms with van der Waals surface area (Å²) in [5.74, 6) is 1.48. The Morgan fingerprint density at radius 2 is 2.17 bits per heavy atom. The molecule has 0 aromatic carbocycles. The summed E-state index contributed by atoms with van der Waals surface area (Å²) in [7, 11) is 1.65. The molecule has 1 saturated carbocycles. The quantitative estimate of drug-likeness (QED) is 0.440. The van der Waals surface area contributed by atoms with Gasteiger partial charge in [0.2, 0.25) is 11.9 Å². The van der Waals surface area contributed by atoms with Crippen LogP contribution in [0.5, 0.6) is 5.75 Å². The molecule has 1 aliphatic carbocycles. The predicted molar refractivity (Wildman–Crippen MR) is 134 cm³/mol. The van der Waals surface area contributed by atoms with Gasteiger partial charge >= 0.3 is 0 Å². The second kappa shape index (κ2) is 9.46. The van der Waals surface area contributed by atoms with Crippen molar-refractivity contribution in [3.8, 4) is 5.75 Å². The lowest BCUT2D eigenvalue weighted by Crippen LogP contribution is -2.39. The number of thioether (sulfide) groups is 1. The molecule has 1 aliphatic heterocycles. The zero-order valence-electron chi connectivity index (χ0n) is 20.0. The molecule has 184 valence electrons. The number of pyridine rings is 1. The maximum Gasteiger partial charge on any atom is 0.224 e. The molecule has 0 unspecified atom stereocenters. The standard InChI is InChI=1S/C24H29N7O3S/c1-12-9-26-17(13(2)21(12)34-3)10-31-22-20-16(30-31)7-14(11-35-23(20)29-24(25)28-22)8-19(33)27-15-5-4-6-18(15)32/h7,9,15,18,32H,4-6,8,10-11H2,1-3H3,(H,27,33)(H2,25,28,29)/t15-,18-/m1/s1. The SMILES string of the molecule is COc1c(C)cnc(Cn2nc3c4c(nc(N)nc42)SCC(CC(=O)N[C@@H]2CCC[C@H]2O)=C3)c1C. The van der Waals surface area contributed by atoms with Crippen molar-refractivity contribution in [1.29, 1.82) is 0 Å². The highest BCUT2D eigenvalue weighted by Crippen LogP contribution is 2.36. The number of aryl methyl sites for hydroxylation is 1. The number of hydrogen-bond acceptors (Lipinski definition) is 9. The van der Waals surface area contributed by atoms with Gasteiger partial charge in [0, 0.05) is 29.5 Å². The van der Waals surface area contributed by atoms with E-state index in [1.807, 2.05) is 19.9 Å². The number of aromatic nitrogens is 5. The number of nitrogens with one attached hydrogen (secondary N) is 1. The topological polar surface area (TPSA) is 141 Å². The van der Waals surface area contributed by atoms with Crippen LogP contribution in [0.25, 0.3) is 17.1 Å². The average molecular weight is 496 g/mol. The third-order valence-electron chi connectivity index (χ3n) is 6.60. The van der Waals surface area contributed by atoms with Gasteiger partial charge in [0.1, 0.15) is 10.8 Å². The molecule has 11 heteroatoms. The third-order valence-corrected chi connectivity index (χ3v) is 7.68. The first-order chi connectivity index (χ1) is 16.8. The number of hydrogen-bond donors (Lipinski definition) is 3. The summed E-state index contributed by atoms with van der Waals surface area (Å²) < 4.78 is 7.34. The third kappa shape index (κ3) is 4.57. The minimum absolute atomic E-state index is 0.0957. The minimum atomic E-state index is -0.466. The van der Waals surface area contributed by atoms with Crippen LogP contribution in [0.4, 0.5) is 5.95 Å². The largest absolute Gasteiger partial charge is 0.496 e. The molecule has 0 saturated heterocycles. The number of nitrogens with two attached hydrogens (primary N) is 1. The Morgan fingerprint density at radius 3 is 2.91 bits per heavy atom. The van der Waals surface area contributed by atoms with Crippen LogP contribution in [-0.2, 0) is 11.3 Å². The molecule has 2 aliphatic rings. The molecule has 0 radical (unpaired) electrons. The summed E-state index contributed by atoms with van der Waals surface area (Å²) >= 11 is 1.52. The number of aliphatic hydroxyl groups excluding tert-OH is 1. The Bertz CT molecular complexity index is 1340. The minimum Gasteiger partial charge on any atom is -0.496 e. The molecule has 3 aromatic rings. The molecule has 2 atom stereocenters. The van der Waals surface area contributed by atoms with E-state index >= 15 is 0 Å². The molecular formula is C24H29N7O3S. The van der Waals surface area contributed by atoms with E-state index in [4.69, 9.17) is 15.6 Å². The predicted octanol–water partition coefficient (Wildman–Crippen LogP) is 2.39. The number of ether oxygens (including phenoxy) is 1. The highest BCUT2D eigenvalue weighted by molar-refractivity contribution is 7.99. The van der Waals surface area contributed by atoms with E-state index in [1.54, 1.807) is 18.0 Å². The number of carbonyl (C=O) groups is 1. The van der Waals surface area contributed by atoms with Gasteiger partial charge in [-0.1, -0.05) is 0 Å². The van der Waals surface area contributed by atoms with Crippen LogP contribution >= 0.6 is 11.8 Å². The van der Waals surface area contributed by atoms with E-state index < -0.39 is 6.10 Å². The van der Waals surface area contributed by atoms with Crippen molar-refractivity contribution in [2.24, 2.45) is 0 Å². The molecule has 35 heavy (non-hydrogen) atoms. The number of rotatable bonds is 6. The molecule has 0 bridgehead atoms. The van der Waals surface area contributed by atoms with Crippen molar-refractivity contribution in [3.63, 3.8) is 0 Å². The van der Waals surface area contributed by atoms with Crippen LogP contribution < -0.4 is 15.8 Å². The monoisotopic (exact) mass is 495 g/mol. The first-order valence-corrected chi connectivity index (χ1v) is 12.7. The molecule has 1 amide bonds. The summed E-state index contributed by atoms with van der Waals surface area (Å²) in [6, 6.07) is -0.169. The smallest absolute Gasteiger partial charge is 0.224 e. The van der Waals surface area contributed by atoms with Crippen molar-refractivity contribution >= 4 is 40.7 Å². The van der Waals surface area contributed by atoms with Crippen LogP contribution in [0.2, 0.25) is 0 Å². The number of aliphatic hydroxyl groups is 1. The first kappa shape index (κ1) is 23.6. The molecule has 4 heterocycles. The van der Waals surface area contributed by atoms with Gasteiger partial charge in [0.15, 0.2) is 5.65 Å². The van der Waals surface area contributed by atoms with Gasteiger partial charge in [-0.15, -0.1) is 11.8 Å². The highest BCUT2D eigenvalue weighted by atomic mass is 32.2. The van der Waals surface area contributed by atoms with E-state index in [2.05, 4.69) is 20.3 Å². The molecular weight excluding hydrogens is 466 g/mol. The summed E-state index contributed by atoms with van der Waals surface area (Å²) in [5.41, 5.74) is 11.1. The van der Waals surface area contributed by atoms with Crippen molar-refractivity contribution in [2.75, 3.05) is 18.6 Å². The van der Waals surface area contributed by atoms with Gasteiger partial charge in [-0.3, -0.25) is 9.78 Å². The van der Waals surface area contributed by atoms with Crippen LogP contribution in [0.3, 0.4) is 0 Å². The second-order valence-corrected chi connectivity index (χ2v) is 10.1. The molecule has 1 fully saturated rings. The summed E-state index contributed by atoms with van der Waals surface area (Å²) in [5, 5.41) is 19.4. The molecule has 0 spiro atoms. The number of amides is 1. The van der Waals surface area contributed by atoms with Crippen LogP contribution in [0.1, 0.15) is 48.2 Å². The van der Waals surface area contributed by atoms with Crippen molar-refractivity contribution < 1.29 is 14.6 Å². The van der Waals surface area contributed by atoms with E-state index in [9.17, 15) is 9.90 Å². The second-order valence-electron chi connectivity index (χ2n) is 9.11. The molecule has 4 N–H and O–H groups in total. The van der Waals surface area contributed by atoms with Gasteiger partial charge in [-0.05, 0) is 44.8 Å². The maximum atomic E-state index is 12.7. The lowest BCUT2D eigenvalue weighted by atomic mass is 10.1. The van der Waals surface area contributed by atoms with E-state index in [0.717, 1.165) is 57.8 Å². The van der Waals surface area contributed by atoms with Gasteiger partial charge in [-0.2, -0.15) is 10.1 Å². The Balaban J connectivity index is 1.47. The Morgan fingerprint density at radius 1 is 1.34 bits per heavy atom. The number of nitrogen functional groups attached to an aromatic ring is 1. The summed E-state index contributed by atoms with van der Waals surface area (Å²) in [4.78, 5) is 26.2. The normalized spacial score (nSPS) is 19.5. The molecule has 10 nitrogen and oxygen atoms in total. The zero-order chi connectivity index (χ0) is 24.7. The fraction of sp³-hybridized carbons (Fsp3) is 0.458. The highest BCUT2D eigenvalue weighted by Gasteiger charge is 2.27. The number of nitrogens with zero attached hydrogens (tertiary/aromatic N) is 5. The van der Waals surface area contributed by atoms with Gasteiger partial charge in [0.05, 0.1) is 42.6 Å². The van der Waals surface area contributed by atoms with Crippen LogP contribution in [-0.4, -0.2) is 60.8 Å². The Hall–Kier alpha value is -3.18. The Kier molecular flexibility index (Phi) is 6.37. The lowest BCUT2D eigenvalue weighted by molar-refractivity contribution is -0.121. The van der Waals surface area contributed by atoms with Crippen molar-refractivity contribution in [2.45, 2.75) is 63.2 Å². The van der Waals surface area contributed by atoms with Crippen LogP contribution in [0.15, 0.2) is 16.8 Å². The number of methoxy groups -OCH3 is 1. The van der Waals surface area contributed by atoms with Gasteiger partial charge in [-0.25, -0.2) is 9.67 Å². The first-order valence-electron chi connectivity index (χ1n) is 11.7.